The van der Waals surface area contributed by atoms with Crippen molar-refractivity contribution >= 4 is 11.8 Å². The molecule has 9 heteroatoms. The second-order valence-corrected chi connectivity index (χ2v) is 7.25. The highest BCUT2D eigenvalue weighted by atomic mass is 16.5. The molecular weight excluding hydrogens is 402 g/mol. The van der Waals surface area contributed by atoms with E-state index in [2.05, 4.69) is 10.5 Å². The summed E-state index contributed by atoms with van der Waals surface area (Å²) >= 11 is 0. The van der Waals surface area contributed by atoms with Gasteiger partial charge in [0.15, 0.2) is 11.5 Å². The monoisotopic (exact) mass is 431 g/mol. The Bertz CT molecular complexity index is 862. The summed E-state index contributed by atoms with van der Waals surface area (Å²) in [6, 6.07) is 8.91. The van der Waals surface area contributed by atoms with Gasteiger partial charge in [-0.05, 0) is 25.0 Å². The first-order chi connectivity index (χ1) is 15.1. The highest BCUT2D eigenvalue weighted by Gasteiger charge is 2.22. The highest BCUT2D eigenvalue weighted by Crippen LogP contribution is 2.30. The van der Waals surface area contributed by atoms with Crippen molar-refractivity contribution in [2.75, 3.05) is 47.1 Å². The van der Waals surface area contributed by atoms with E-state index in [9.17, 15) is 9.59 Å². The summed E-state index contributed by atoms with van der Waals surface area (Å²) in [6.45, 7) is 2.17. The smallest absolute Gasteiger partial charge is 0.276 e. The van der Waals surface area contributed by atoms with Crippen LogP contribution < -0.4 is 10.1 Å². The van der Waals surface area contributed by atoms with Crippen molar-refractivity contribution in [3.8, 4) is 17.1 Å². The van der Waals surface area contributed by atoms with E-state index >= 15 is 0 Å². The Morgan fingerprint density at radius 2 is 2.10 bits per heavy atom. The SMILES string of the molecule is COCCN(CCC(=O)NC[C@@H]1CCCO1)C(=O)c1cc(-c2ccccc2OC)on1. The Morgan fingerprint density at radius 1 is 1.26 bits per heavy atom. The van der Waals surface area contributed by atoms with Gasteiger partial charge in [0.25, 0.3) is 5.91 Å². The van der Waals surface area contributed by atoms with Gasteiger partial charge in [0.2, 0.25) is 5.91 Å². The van der Waals surface area contributed by atoms with Crippen LogP contribution in [0.25, 0.3) is 11.3 Å². The minimum absolute atomic E-state index is 0.0821. The molecule has 1 aromatic carbocycles. The molecule has 1 atom stereocenters. The molecule has 0 saturated carbocycles. The van der Waals surface area contributed by atoms with Crippen LogP contribution in [0.2, 0.25) is 0 Å². The fourth-order valence-corrected chi connectivity index (χ4v) is 3.39. The predicted molar refractivity (Wildman–Crippen MR) is 113 cm³/mol. The third kappa shape index (κ3) is 6.28. The first-order valence-electron chi connectivity index (χ1n) is 10.4. The summed E-state index contributed by atoms with van der Waals surface area (Å²) in [5.74, 6) is 0.605. The van der Waals surface area contributed by atoms with Crippen molar-refractivity contribution in [3.63, 3.8) is 0 Å². The van der Waals surface area contributed by atoms with Gasteiger partial charge in [0, 0.05) is 45.8 Å². The molecule has 1 saturated heterocycles. The zero-order chi connectivity index (χ0) is 22.1. The summed E-state index contributed by atoms with van der Waals surface area (Å²) in [5.41, 5.74) is 0.866. The Balaban J connectivity index is 1.61. The molecule has 3 rings (SSSR count). The van der Waals surface area contributed by atoms with Gasteiger partial charge in [-0.25, -0.2) is 0 Å². The maximum atomic E-state index is 13.0. The Hall–Kier alpha value is -2.91. The average Bonchev–Trinajstić information content (AvgIpc) is 3.49. The number of carbonyl (C=O) groups is 2. The van der Waals surface area contributed by atoms with Gasteiger partial charge in [0.1, 0.15) is 5.75 Å². The maximum absolute atomic E-state index is 13.0. The van der Waals surface area contributed by atoms with E-state index in [1.165, 1.54) is 0 Å². The molecule has 2 heterocycles. The number of hydrogen-bond acceptors (Lipinski definition) is 7. The molecule has 1 aromatic heterocycles. The van der Waals surface area contributed by atoms with Crippen LogP contribution in [0.1, 0.15) is 29.8 Å². The van der Waals surface area contributed by atoms with Crippen LogP contribution in [-0.4, -0.2) is 75.0 Å². The number of nitrogens with one attached hydrogen (secondary N) is 1. The second kappa shape index (κ2) is 11.5. The second-order valence-electron chi connectivity index (χ2n) is 7.25. The van der Waals surface area contributed by atoms with Crippen molar-refractivity contribution in [1.82, 2.24) is 15.4 Å². The molecule has 1 fully saturated rings. The average molecular weight is 431 g/mol. The third-order valence-corrected chi connectivity index (χ3v) is 5.11. The first-order valence-corrected chi connectivity index (χ1v) is 10.4. The van der Waals surface area contributed by atoms with E-state index in [1.807, 2.05) is 18.2 Å². The summed E-state index contributed by atoms with van der Waals surface area (Å²) in [7, 11) is 3.13. The van der Waals surface area contributed by atoms with Crippen LogP contribution in [0.3, 0.4) is 0 Å². The van der Waals surface area contributed by atoms with Gasteiger partial charge in [0.05, 0.1) is 25.4 Å². The number of methoxy groups -OCH3 is 2. The molecule has 1 N–H and O–H groups in total. The Kier molecular flexibility index (Phi) is 8.43. The third-order valence-electron chi connectivity index (χ3n) is 5.11. The lowest BCUT2D eigenvalue weighted by Gasteiger charge is -2.21. The first kappa shape index (κ1) is 22.8. The van der Waals surface area contributed by atoms with Crippen LogP contribution in [0.15, 0.2) is 34.9 Å². The topological polar surface area (TPSA) is 103 Å². The molecule has 2 aromatic rings. The molecule has 9 nitrogen and oxygen atoms in total. The molecular formula is C22H29N3O6. The molecule has 1 aliphatic rings. The lowest BCUT2D eigenvalue weighted by molar-refractivity contribution is -0.121. The van der Waals surface area contributed by atoms with E-state index < -0.39 is 0 Å². The Morgan fingerprint density at radius 3 is 2.84 bits per heavy atom. The Labute approximate surface area is 181 Å². The zero-order valence-electron chi connectivity index (χ0n) is 18.0. The van der Waals surface area contributed by atoms with Gasteiger partial charge in [-0.15, -0.1) is 0 Å². The molecule has 0 radical (unpaired) electrons. The van der Waals surface area contributed by atoms with Crippen LogP contribution in [0.5, 0.6) is 5.75 Å². The molecule has 0 bridgehead atoms. The zero-order valence-corrected chi connectivity index (χ0v) is 18.0. The number of benzene rings is 1. The van der Waals surface area contributed by atoms with Crippen molar-refractivity contribution in [2.45, 2.75) is 25.4 Å². The number of ether oxygens (including phenoxy) is 3. The quantitative estimate of drug-likeness (QED) is 0.581. The molecule has 1 aliphatic heterocycles. The van der Waals surface area contributed by atoms with E-state index in [-0.39, 0.29) is 36.6 Å². The normalized spacial score (nSPS) is 15.6. The lowest BCUT2D eigenvalue weighted by atomic mass is 10.1. The molecule has 0 aliphatic carbocycles. The number of carbonyl (C=O) groups excluding carboxylic acids is 2. The van der Waals surface area contributed by atoms with Gasteiger partial charge in [-0.2, -0.15) is 0 Å². The molecule has 31 heavy (non-hydrogen) atoms. The van der Waals surface area contributed by atoms with E-state index in [0.29, 0.717) is 36.8 Å². The summed E-state index contributed by atoms with van der Waals surface area (Å²) < 4.78 is 21.4. The van der Waals surface area contributed by atoms with Gasteiger partial charge in [-0.3, -0.25) is 9.59 Å². The van der Waals surface area contributed by atoms with E-state index in [4.69, 9.17) is 18.7 Å². The predicted octanol–water partition coefficient (Wildman–Crippen LogP) is 2.12. The molecule has 2 amide bonds. The van der Waals surface area contributed by atoms with Crippen molar-refractivity contribution < 1.29 is 28.3 Å². The van der Waals surface area contributed by atoms with Crippen LogP contribution in [0.4, 0.5) is 0 Å². The molecule has 168 valence electrons. The lowest BCUT2D eigenvalue weighted by Crippen LogP contribution is -2.38. The fraction of sp³-hybridized carbons (Fsp3) is 0.500. The summed E-state index contributed by atoms with van der Waals surface area (Å²) in [5, 5.41) is 6.80. The van der Waals surface area contributed by atoms with Gasteiger partial charge >= 0.3 is 0 Å². The summed E-state index contributed by atoms with van der Waals surface area (Å²) in [4.78, 5) is 26.7. The van der Waals surface area contributed by atoms with E-state index in [1.54, 1.807) is 31.3 Å². The minimum atomic E-state index is -0.325. The standard InChI is InChI=1S/C22H29N3O6/c1-28-13-11-25(10-9-21(26)23-15-16-6-5-12-30-16)22(27)18-14-20(31-24-18)17-7-3-4-8-19(17)29-2/h3-4,7-8,14,16H,5-6,9-13,15H2,1-2H3,(H,23,26)/t16-/m0/s1. The van der Waals surface area contributed by atoms with Crippen molar-refractivity contribution in [1.29, 1.82) is 0 Å². The number of rotatable bonds is 11. The number of hydrogen-bond donors (Lipinski definition) is 1. The summed E-state index contributed by atoms with van der Waals surface area (Å²) in [6.07, 6.45) is 2.24. The van der Waals surface area contributed by atoms with Crippen molar-refractivity contribution in [2.24, 2.45) is 0 Å². The molecule has 0 unspecified atom stereocenters. The largest absolute Gasteiger partial charge is 0.496 e. The van der Waals surface area contributed by atoms with E-state index in [0.717, 1.165) is 19.4 Å². The van der Waals surface area contributed by atoms with Gasteiger partial charge in [-0.1, -0.05) is 17.3 Å². The molecule has 0 spiro atoms. The van der Waals surface area contributed by atoms with Crippen LogP contribution >= 0.6 is 0 Å². The van der Waals surface area contributed by atoms with Crippen LogP contribution in [-0.2, 0) is 14.3 Å². The number of aromatic nitrogens is 1. The van der Waals surface area contributed by atoms with Crippen LogP contribution in [0, 0.1) is 0 Å². The maximum Gasteiger partial charge on any atom is 0.276 e. The van der Waals surface area contributed by atoms with Gasteiger partial charge < -0.3 is 29.0 Å². The fourth-order valence-electron chi connectivity index (χ4n) is 3.39. The van der Waals surface area contributed by atoms with Crippen molar-refractivity contribution in [3.05, 3.63) is 36.0 Å². The highest BCUT2D eigenvalue weighted by molar-refractivity contribution is 5.93. The number of nitrogens with zero attached hydrogens (tertiary/aromatic N) is 2. The number of para-hydroxylation sites is 1. The minimum Gasteiger partial charge on any atom is -0.496 e. The number of amides is 2.